The molecule has 38 heavy (non-hydrogen) atoms. The summed E-state index contributed by atoms with van der Waals surface area (Å²) in [7, 11) is 1.57. The van der Waals surface area contributed by atoms with E-state index in [2.05, 4.69) is 10.3 Å². The van der Waals surface area contributed by atoms with Gasteiger partial charge in [0.25, 0.3) is 5.91 Å². The Morgan fingerprint density at radius 1 is 1.00 bits per heavy atom. The highest BCUT2D eigenvalue weighted by Gasteiger charge is 2.22. The molecule has 0 bridgehead atoms. The number of anilines is 1. The first-order chi connectivity index (χ1) is 18.2. The van der Waals surface area contributed by atoms with Crippen LogP contribution in [0.25, 0.3) is 16.9 Å². The van der Waals surface area contributed by atoms with Gasteiger partial charge in [-0.1, -0.05) is 55.2 Å². The summed E-state index contributed by atoms with van der Waals surface area (Å²) >= 11 is 12.3. The van der Waals surface area contributed by atoms with Crippen molar-refractivity contribution in [2.45, 2.75) is 13.8 Å². The van der Waals surface area contributed by atoms with E-state index in [1.165, 1.54) is 4.90 Å². The SMILES string of the molecule is COc1ccc(C(=O)N(CC(=O)Nc2nc(-c3ccc(Cl)cc3)cn2-c2cccc(Cl)c2)CC(C)C)cc1. The molecule has 0 aliphatic carbocycles. The highest BCUT2D eigenvalue weighted by Crippen LogP contribution is 2.27. The number of carbonyl (C=O) groups excluding carboxylic acids is 2. The molecule has 4 aromatic rings. The van der Waals surface area contributed by atoms with Crippen molar-refractivity contribution in [2.24, 2.45) is 5.92 Å². The van der Waals surface area contributed by atoms with Gasteiger partial charge in [0.05, 0.1) is 12.8 Å². The summed E-state index contributed by atoms with van der Waals surface area (Å²) < 4.78 is 6.94. The normalized spacial score (nSPS) is 10.9. The van der Waals surface area contributed by atoms with Gasteiger partial charge in [-0.2, -0.15) is 0 Å². The molecule has 2 amide bonds. The van der Waals surface area contributed by atoms with Gasteiger partial charge in [0, 0.05) is 39.6 Å². The van der Waals surface area contributed by atoms with Crippen molar-refractivity contribution in [1.29, 1.82) is 0 Å². The summed E-state index contributed by atoms with van der Waals surface area (Å²) in [6.45, 7) is 4.27. The van der Waals surface area contributed by atoms with Crippen LogP contribution in [0.1, 0.15) is 24.2 Å². The first kappa shape index (κ1) is 27.2. The van der Waals surface area contributed by atoms with Crippen LogP contribution < -0.4 is 10.1 Å². The molecule has 3 aromatic carbocycles. The Morgan fingerprint density at radius 2 is 1.71 bits per heavy atom. The highest BCUT2D eigenvalue weighted by atomic mass is 35.5. The number of carbonyl (C=O) groups is 2. The summed E-state index contributed by atoms with van der Waals surface area (Å²) in [6.07, 6.45) is 1.82. The Bertz CT molecular complexity index is 1420. The summed E-state index contributed by atoms with van der Waals surface area (Å²) in [6, 6.07) is 21.3. The van der Waals surface area contributed by atoms with Crippen molar-refractivity contribution in [2.75, 3.05) is 25.5 Å². The lowest BCUT2D eigenvalue weighted by Gasteiger charge is -2.24. The summed E-state index contributed by atoms with van der Waals surface area (Å²) in [5, 5.41) is 4.05. The molecule has 0 aliphatic heterocycles. The second kappa shape index (κ2) is 12.2. The van der Waals surface area contributed by atoms with Crippen molar-refractivity contribution < 1.29 is 14.3 Å². The van der Waals surface area contributed by atoms with E-state index in [1.54, 1.807) is 60.2 Å². The molecule has 1 aromatic heterocycles. The smallest absolute Gasteiger partial charge is 0.254 e. The number of nitrogens with one attached hydrogen (secondary N) is 1. The Labute approximate surface area is 232 Å². The van der Waals surface area contributed by atoms with Crippen molar-refractivity contribution in [3.63, 3.8) is 0 Å². The third-order valence-corrected chi connectivity index (χ3v) is 6.21. The topological polar surface area (TPSA) is 76.5 Å². The molecule has 7 nitrogen and oxygen atoms in total. The van der Waals surface area contributed by atoms with Crippen molar-refractivity contribution in [3.8, 4) is 22.7 Å². The van der Waals surface area contributed by atoms with Gasteiger partial charge >= 0.3 is 0 Å². The molecule has 0 unspecified atom stereocenters. The zero-order chi connectivity index (χ0) is 27.2. The van der Waals surface area contributed by atoms with E-state index < -0.39 is 0 Å². The predicted octanol–water partition coefficient (Wildman–Crippen LogP) is 6.59. The number of amides is 2. The maximum atomic E-state index is 13.3. The minimum Gasteiger partial charge on any atom is -0.497 e. The third-order valence-electron chi connectivity index (χ3n) is 5.73. The van der Waals surface area contributed by atoms with Gasteiger partial charge in [0.15, 0.2) is 0 Å². The molecule has 0 aliphatic rings. The molecule has 0 radical (unpaired) electrons. The predicted molar refractivity (Wildman–Crippen MR) is 151 cm³/mol. The number of benzene rings is 3. The maximum Gasteiger partial charge on any atom is 0.254 e. The molecule has 0 saturated heterocycles. The summed E-state index contributed by atoms with van der Waals surface area (Å²) in [5.41, 5.74) is 2.69. The maximum absolute atomic E-state index is 13.3. The molecule has 196 valence electrons. The van der Waals surface area contributed by atoms with Crippen molar-refractivity contribution in [3.05, 3.63) is 94.6 Å². The number of halogens is 2. The zero-order valence-corrected chi connectivity index (χ0v) is 22.8. The van der Waals surface area contributed by atoms with E-state index in [4.69, 9.17) is 27.9 Å². The average molecular weight is 551 g/mol. The van der Waals surface area contributed by atoms with Crippen LogP contribution >= 0.6 is 23.2 Å². The van der Waals surface area contributed by atoms with Crippen LogP contribution in [-0.4, -0.2) is 46.5 Å². The van der Waals surface area contributed by atoms with E-state index >= 15 is 0 Å². The number of hydrogen-bond donors (Lipinski definition) is 1. The minimum atomic E-state index is -0.371. The van der Waals surface area contributed by atoms with Crippen molar-refractivity contribution >= 4 is 41.0 Å². The van der Waals surface area contributed by atoms with Gasteiger partial charge < -0.3 is 9.64 Å². The average Bonchev–Trinajstić information content (AvgIpc) is 3.31. The van der Waals surface area contributed by atoms with Gasteiger partial charge in [-0.05, 0) is 60.5 Å². The number of ether oxygens (including phenoxy) is 1. The van der Waals surface area contributed by atoms with Gasteiger partial charge in [-0.25, -0.2) is 4.98 Å². The first-order valence-electron chi connectivity index (χ1n) is 12.1. The van der Waals surface area contributed by atoms with E-state index in [9.17, 15) is 9.59 Å². The fourth-order valence-electron chi connectivity index (χ4n) is 3.96. The van der Waals surface area contributed by atoms with Crippen LogP contribution in [0, 0.1) is 5.92 Å². The molecular weight excluding hydrogens is 523 g/mol. The van der Waals surface area contributed by atoms with Crippen LogP contribution in [0.15, 0.2) is 79.0 Å². The molecule has 0 spiro atoms. The second-order valence-corrected chi connectivity index (χ2v) is 10.0. The van der Waals surface area contributed by atoms with E-state index in [0.29, 0.717) is 39.5 Å². The fourth-order valence-corrected chi connectivity index (χ4v) is 4.28. The third kappa shape index (κ3) is 6.73. The number of methoxy groups -OCH3 is 1. The number of hydrogen-bond acceptors (Lipinski definition) is 4. The molecule has 0 saturated carbocycles. The molecule has 4 rings (SSSR count). The van der Waals surface area contributed by atoms with Gasteiger partial charge in [-0.15, -0.1) is 0 Å². The van der Waals surface area contributed by atoms with Gasteiger partial charge in [0.1, 0.15) is 12.3 Å². The Kier molecular flexibility index (Phi) is 8.71. The number of rotatable bonds is 9. The standard InChI is InChI=1S/C29H28Cl2N4O3/c1-19(2)16-34(28(37)21-9-13-25(38-3)14-10-21)18-27(36)33-29-32-26(20-7-11-22(30)12-8-20)17-35(29)24-6-4-5-23(31)15-24/h4-15,17,19H,16,18H2,1-3H3,(H,32,33,36). The molecule has 0 fully saturated rings. The van der Waals surface area contributed by atoms with E-state index in [-0.39, 0.29) is 24.3 Å². The Morgan fingerprint density at radius 3 is 2.34 bits per heavy atom. The number of aromatic nitrogens is 2. The molecule has 1 N–H and O–H groups in total. The van der Waals surface area contributed by atoms with Crippen LogP contribution in [0.2, 0.25) is 10.0 Å². The Balaban J connectivity index is 1.61. The number of nitrogens with zero attached hydrogens (tertiary/aromatic N) is 3. The van der Waals surface area contributed by atoms with Crippen LogP contribution in [0.5, 0.6) is 5.75 Å². The lowest BCUT2D eigenvalue weighted by Crippen LogP contribution is -2.40. The largest absolute Gasteiger partial charge is 0.497 e. The summed E-state index contributed by atoms with van der Waals surface area (Å²) in [4.78, 5) is 32.7. The highest BCUT2D eigenvalue weighted by molar-refractivity contribution is 6.31. The zero-order valence-electron chi connectivity index (χ0n) is 21.3. The lowest BCUT2D eigenvalue weighted by molar-refractivity contribution is -0.117. The van der Waals surface area contributed by atoms with Crippen LogP contribution in [-0.2, 0) is 4.79 Å². The van der Waals surface area contributed by atoms with Crippen molar-refractivity contribution in [1.82, 2.24) is 14.5 Å². The van der Waals surface area contributed by atoms with E-state index in [1.807, 2.05) is 44.3 Å². The molecule has 1 heterocycles. The summed E-state index contributed by atoms with van der Waals surface area (Å²) in [5.74, 6) is 0.512. The first-order valence-corrected chi connectivity index (χ1v) is 12.8. The van der Waals surface area contributed by atoms with E-state index in [0.717, 1.165) is 11.3 Å². The lowest BCUT2D eigenvalue weighted by atomic mass is 10.1. The van der Waals surface area contributed by atoms with Crippen LogP contribution in [0.4, 0.5) is 5.95 Å². The Hall–Kier alpha value is -3.81. The fraction of sp³-hybridized carbons (Fsp3) is 0.207. The molecule has 9 heteroatoms. The monoisotopic (exact) mass is 550 g/mol. The minimum absolute atomic E-state index is 0.137. The second-order valence-electron chi connectivity index (χ2n) is 9.16. The van der Waals surface area contributed by atoms with Crippen LogP contribution in [0.3, 0.4) is 0 Å². The number of imidazole rings is 1. The molecule has 0 atom stereocenters. The van der Waals surface area contributed by atoms with Gasteiger partial charge in [-0.3, -0.25) is 19.5 Å². The quantitative estimate of drug-likeness (QED) is 0.255. The molecular formula is C29H28Cl2N4O3. The van der Waals surface area contributed by atoms with Gasteiger partial charge in [0.2, 0.25) is 11.9 Å².